The van der Waals surface area contributed by atoms with Crippen molar-refractivity contribution in [3.63, 3.8) is 0 Å². The average molecular weight is 252 g/mol. The number of halogens is 1. The highest BCUT2D eigenvalue weighted by Crippen LogP contribution is 2.27. The first-order chi connectivity index (χ1) is 8.08. The minimum Gasteiger partial charge on any atom is -0.397 e. The fourth-order valence-electron chi connectivity index (χ4n) is 1.30. The van der Waals surface area contributed by atoms with E-state index in [0.717, 1.165) is 0 Å². The Morgan fingerprint density at radius 2 is 2.29 bits per heavy atom. The highest BCUT2D eigenvalue weighted by atomic mass is 35.5. The Labute approximate surface area is 102 Å². The van der Waals surface area contributed by atoms with Crippen molar-refractivity contribution in [3.05, 3.63) is 35.1 Å². The van der Waals surface area contributed by atoms with Crippen molar-refractivity contribution >= 4 is 28.9 Å². The molecular weight excluding hydrogens is 242 g/mol. The third kappa shape index (κ3) is 2.36. The number of carbonyl (C=O) groups excluding carboxylic acids is 1. The van der Waals surface area contributed by atoms with Crippen LogP contribution in [0.4, 0.5) is 11.4 Å². The summed E-state index contributed by atoms with van der Waals surface area (Å²) >= 11 is 5.93. The quantitative estimate of drug-likeness (QED) is 0.788. The molecule has 7 heteroatoms. The molecule has 3 N–H and O–H groups in total. The number of anilines is 2. The van der Waals surface area contributed by atoms with Gasteiger partial charge in [-0.25, -0.2) is 0 Å². The number of hydrogen-bond donors (Lipinski definition) is 2. The van der Waals surface area contributed by atoms with Crippen LogP contribution in [0.5, 0.6) is 0 Å². The predicted octanol–water partition coefficient (Wildman–Crippen LogP) is 1.30. The van der Waals surface area contributed by atoms with Crippen LogP contribution in [0.3, 0.4) is 0 Å². The summed E-state index contributed by atoms with van der Waals surface area (Å²) < 4.78 is 0. The van der Waals surface area contributed by atoms with Crippen molar-refractivity contribution < 1.29 is 4.79 Å². The number of amides is 1. The van der Waals surface area contributed by atoms with Crippen LogP contribution in [-0.4, -0.2) is 20.9 Å². The molecule has 2 aromatic rings. The second-order valence-electron chi connectivity index (χ2n) is 3.38. The van der Waals surface area contributed by atoms with Crippen molar-refractivity contribution in [2.24, 2.45) is 7.05 Å². The van der Waals surface area contributed by atoms with E-state index in [0.29, 0.717) is 16.4 Å². The molecule has 0 atom stereocenters. The molecule has 1 aromatic carbocycles. The number of hydrogen-bond acceptors (Lipinski definition) is 4. The van der Waals surface area contributed by atoms with Crippen LogP contribution in [0, 0.1) is 0 Å². The number of nitrogens with one attached hydrogen (secondary N) is 1. The lowest BCUT2D eigenvalue weighted by molar-refractivity contribution is 0.102. The summed E-state index contributed by atoms with van der Waals surface area (Å²) in [5.74, 6) is -0.405. The number of aromatic nitrogens is 3. The van der Waals surface area contributed by atoms with E-state index in [4.69, 9.17) is 17.3 Å². The third-order valence-corrected chi connectivity index (χ3v) is 2.43. The van der Waals surface area contributed by atoms with E-state index in [1.807, 2.05) is 0 Å². The Morgan fingerprint density at radius 3 is 2.88 bits per heavy atom. The van der Waals surface area contributed by atoms with E-state index in [2.05, 4.69) is 15.5 Å². The van der Waals surface area contributed by atoms with Crippen molar-refractivity contribution in [3.8, 4) is 0 Å². The van der Waals surface area contributed by atoms with Crippen molar-refractivity contribution in [2.75, 3.05) is 11.1 Å². The minimum absolute atomic E-state index is 0.201. The summed E-state index contributed by atoms with van der Waals surface area (Å²) in [5.41, 5.74) is 6.69. The van der Waals surface area contributed by atoms with Gasteiger partial charge >= 0.3 is 0 Å². The van der Waals surface area contributed by atoms with E-state index < -0.39 is 5.91 Å². The van der Waals surface area contributed by atoms with Crippen LogP contribution in [0.2, 0.25) is 5.02 Å². The summed E-state index contributed by atoms with van der Waals surface area (Å²) in [5, 5.41) is 10.7. The molecule has 0 aliphatic heterocycles. The maximum atomic E-state index is 11.8. The van der Waals surface area contributed by atoms with E-state index in [9.17, 15) is 4.79 Å². The first-order valence-corrected chi connectivity index (χ1v) is 5.17. The van der Waals surface area contributed by atoms with Gasteiger partial charge in [0.15, 0.2) is 5.69 Å². The molecular formula is C10H10ClN5O. The number of rotatable bonds is 2. The van der Waals surface area contributed by atoms with Crippen LogP contribution in [0.25, 0.3) is 0 Å². The van der Waals surface area contributed by atoms with E-state index in [1.165, 1.54) is 11.0 Å². The summed E-state index contributed by atoms with van der Waals surface area (Å²) in [6.07, 6.45) is 1.36. The van der Waals surface area contributed by atoms with Crippen LogP contribution < -0.4 is 11.1 Å². The van der Waals surface area contributed by atoms with Gasteiger partial charge in [-0.3, -0.25) is 4.79 Å². The Bertz CT molecular complexity index is 545. The third-order valence-electron chi connectivity index (χ3n) is 2.12. The summed E-state index contributed by atoms with van der Waals surface area (Å²) in [6, 6.07) is 5.00. The van der Waals surface area contributed by atoms with Crippen molar-refractivity contribution in [1.29, 1.82) is 0 Å². The van der Waals surface area contributed by atoms with Crippen LogP contribution in [0.1, 0.15) is 10.5 Å². The van der Waals surface area contributed by atoms with Gasteiger partial charge in [0, 0.05) is 7.05 Å². The van der Waals surface area contributed by atoms with Gasteiger partial charge in [-0.15, -0.1) is 5.10 Å². The number of nitrogen functional groups attached to an aromatic ring is 1. The van der Waals surface area contributed by atoms with Gasteiger partial charge in [0.1, 0.15) is 0 Å². The zero-order valence-electron chi connectivity index (χ0n) is 9.01. The second kappa shape index (κ2) is 4.42. The van der Waals surface area contributed by atoms with Crippen LogP contribution in [0.15, 0.2) is 24.4 Å². The number of aryl methyl sites for hydroxylation is 1. The van der Waals surface area contributed by atoms with Crippen LogP contribution in [-0.2, 0) is 7.05 Å². The lowest BCUT2D eigenvalue weighted by atomic mass is 10.2. The number of para-hydroxylation sites is 1. The molecule has 1 aromatic heterocycles. The molecule has 0 saturated carbocycles. The molecule has 17 heavy (non-hydrogen) atoms. The highest BCUT2D eigenvalue weighted by molar-refractivity contribution is 6.34. The Kier molecular flexibility index (Phi) is 2.97. The molecule has 0 unspecified atom stereocenters. The SMILES string of the molecule is Cn1ncc(C(=O)Nc2c(N)cccc2Cl)n1. The number of nitrogens with zero attached hydrogens (tertiary/aromatic N) is 3. The van der Waals surface area contributed by atoms with Gasteiger partial charge in [-0.05, 0) is 12.1 Å². The second-order valence-corrected chi connectivity index (χ2v) is 3.78. The van der Waals surface area contributed by atoms with Gasteiger partial charge in [0.05, 0.1) is 22.6 Å². The van der Waals surface area contributed by atoms with E-state index in [-0.39, 0.29) is 5.69 Å². The molecule has 88 valence electrons. The lowest BCUT2D eigenvalue weighted by Crippen LogP contribution is -2.14. The molecule has 0 spiro atoms. The molecule has 1 amide bonds. The average Bonchev–Trinajstić information content (AvgIpc) is 2.70. The first-order valence-electron chi connectivity index (χ1n) is 4.79. The molecule has 0 bridgehead atoms. The molecule has 0 aliphatic carbocycles. The van der Waals surface area contributed by atoms with Gasteiger partial charge in [-0.2, -0.15) is 9.90 Å². The fraction of sp³-hybridized carbons (Fsp3) is 0.100. The molecule has 0 radical (unpaired) electrons. The molecule has 0 saturated heterocycles. The maximum absolute atomic E-state index is 11.8. The lowest BCUT2D eigenvalue weighted by Gasteiger charge is -2.08. The van der Waals surface area contributed by atoms with Gasteiger partial charge < -0.3 is 11.1 Å². The zero-order valence-corrected chi connectivity index (χ0v) is 9.77. The van der Waals surface area contributed by atoms with Gasteiger partial charge in [-0.1, -0.05) is 17.7 Å². The molecule has 0 fully saturated rings. The number of carbonyl (C=O) groups is 1. The smallest absolute Gasteiger partial charge is 0.277 e. The molecule has 2 rings (SSSR count). The maximum Gasteiger partial charge on any atom is 0.277 e. The summed E-state index contributed by atoms with van der Waals surface area (Å²) in [7, 11) is 1.63. The van der Waals surface area contributed by atoms with Gasteiger partial charge in [0.25, 0.3) is 5.91 Å². The number of benzene rings is 1. The minimum atomic E-state index is -0.405. The molecule has 0 aliphatic rings. The molecule has 6 nitrogen and oxygen atoms in total. The number of nitrogens with two attached hydrogens (primary N) is 1. The largest absolute Gasteiger partial charge is 0.397 e. The normalized spacial score (nSPS) is 10.2. The van der Waals surface area contributed by atoms with Gasteiger partial charge in [0.2, 0.25) is 0 Å². The Balaban J connectivity index is 2.24. The van der Waals surface area contributed by atoms with E-state index >= 15 is 0 Å². The fourth-order valence-corrected chi connectivity index (χ4v) is 1.53. The predicted molar refractivity (Wildman–Crippen MR) is 64.8 cm³/mol. The molecule has 1 heterocycles. The standard InChI is InChI=1S/C10H10ClN5O/c1-16-13-5-8(15-16)10(17)14-9-6(11)3-2-4-7(9)12/h2-5H,12H2,1H3,(H,14,17). The first kappa shape index (κ1) is 11.4. The monoisotopic (exact) mass is 251 g/mol. The Hall–Kier alpha value is -2.08. The highest BCUT2D eigenvalue weighted by Gasteiger charge is 2.13. The van der Waals surface area contributed by atoms with Crippen molar-refractivity contribution in [1.82, 2.24) is 15.0 Å². The zero-order chi connectivity index (χ0) is 12.4. The van der Waals surface area contributed by atoms with Crippen LogP contribution >= 0.6 is 11.6 Å². The topological polar surface area (TPSA) is 85.8 Å². The van der Waals surface area contributed by atoms with Crippen molar-refractivity contribution in [2.45, 2.75) is 0 Å². The Morgan fingerprint density at radius 1 is 1.53 bits per heavy atom. The summed E-state index contributed by atoms with van der Waals surface area (Å²) in [6.45, 7) is 0. The van der Waals surface area contributed by atoms with E-state index in [1.54, 1.807) is 25.2 Å². The summed E-state index contributed by atoms with van der Waals surface area (Å²) in [4.78, 5) is 13.1.